The lowest BCUT2D eigenvalue weighted by Crippen LogP contribution is -2.20. The Kier molecular flexibility index (Phi) is 5.80. The van der Waals surface area contributed by atoms with Gasteiger partial charge >= 0.3 is 0 Å². The van der Waals surface area contributed by atoms with Gasteiger partial charge in [-0.25, -0.2) is 0 Å². The van der Waals surface area contributed by atoms with Crippen LogP contribution in [0.15, 0.2) is 18.2 Å². The van der Waals surface area contributed by atoms with Crippen LogP contribution in [0.25, 0.3) is 0 Å². The van der Waals surface area contributed by atoms with Gasteiger partial charge in [0.15, 0.2) is 0 Å². The first-order valence-corrected chi connectivity index (χ1v) is 5.92. The van der Waals surface area contributed by atoms with Crippen molar-refractivity contribution in [1.82, 2.24) is 4.90 Å². The highest BCUT2D eigenvalue weighted by Gasteiger charge is 1.97. The van der Waals surface area contributed by atoms with E-state index in [1.54, 1.807) is 0 Å². The number of hydrogen-bond donors (Lipinski definition) is 2. The Bertz CT molecular complexity index is 339. The molecule has 0 radical (unpaired) electrons. The lowest BCUT2D eigenvalue weighted by Gasteiger charge is -2.12. The molecule has 0 aromatic heterocycles. The minimum Gasteiger partial charge on any atom is -0.399 e. The number of rotatable bonds is 7. The van der Waals surface area contributed by atoms with Gasteiger partial charge in [-0.1, -0.05) is 0 Å². The number of ether oxygens (including phenoxy) is 1. The van der Waals surface area contributed by atoms with E-state index in [4.69, 9.17) is 10.5 Å². The molecule has 0 atom stereocenters. The summed E-state index contributed by atoms with van der Waals surface area (Å²) in [6.45, 7) is 5.32. The van der Waals surface area contributed by atoms with Crippen molar-refractivity contribution in [3.63, 3.8) is 0 Å². The summed E-state index contributed by atoms with van der Waals surface area (Å²) < 4.78 is 5.50. The Balaban J connectivity index is 2.18. The molecule has 1 rings (SSSR count). The van der Waals surface area contributed by atoms with Gasteiger partial charge in [0.1, 0.15) is 0 Å². The highest BCUT2D eigenvalue weighted by Crippen LogP contribution is 2.16. The summed E-state index contributed by atoms with van der Waals surface area (Å²) in [4.78, 5) is 2.11. The first-order valence-electron chi connectivity index (χ1n) is 5.92. The predicted octanol–water partition coefficient (Wildman–Crippen LogP) is 1.57. The van der Waals surface area contributed by atoms with Crippen molar-refractivity contribution in [2.45, 2.75) is 6.92 Å². The third-order valence-electron chi connectivity index (χ3n) is 2.50. The molecule has 0 saturated heterocycles. The Hall–Kier alpha value is -1.26. The molecule has 17 heavy (non-hydrogen) atoms. The molecule has 1 aromatic carbocycles. The molecule has 0 aliphatic rings. The van der Waals surface area contributed by atoms with E-state index in [9.17, 15) is 0 Å². The standard InChI is InChI=1S/C13H23N3O/c1-11-10-12(14)4-5-13(11)15-6-8-17-9-7-16(2)3/h4-5,10,15H,6-9,14H2,1-3H3. The molecule has 3 N–H and O–H groups in total. The van der Waals surface area contributed by atoms with Crippen LogP contribution in [0.4, 0.5) is 11.4 Å². The Morgan fingerprint density at radius 2 is 2.06 bits per heavy atom. The predicted molar refractivity (Wildman–Crippen MR) is 73.5 cm³/mol. The summed E-state index contributed by atoms with van der Waals surface area (Å²) in [6.07, 6.45) is 0. The zero-order chi connectivity index (χ0) is 12.7. The Morgan fingerprint density at radius 1 is 1.29 bits per heavy atom. The lowest BCUT2D eigenvalue weighted by molar-refractivity contribution is 0.126. The molecule has 0 spiro atoms. The van der Waals surface area contributed by atoms with Gasteiger partial charge in [0.05, 0.1) is 13.2 Å². The van der Waals surface area contributed by atoms with Gasteiger partial charge in [-0.3, -0.25) is 0 Å². The number of hydrogen-bond acceptors (Lipinski definition) is 4. The van der Waals surface area contributed by atoms with Crippen LogP contribution in [-0.2, 0) is 4.74 Å². The summed E-state index contributed by atoms with van der Waals surface area (Å²) in [6, 6.07) is 5.88. The largest absolute Gasteiger partial charge is 0.399 e. The van der Waals surface area contributed by atoms with Crippen molar-refractivity contribution >= 4 is 11.4 Å². The zero-order valence-electron chi connectivity index (χ0n) is 11.0. The molecular weight excluding hydrogens is 214 g/mol. The fourth-order valence-electron chi connectivity index (χ4n) is 1.49. The minimum absolute atomic E-state index is 0.720. The number of nitrogens with two attached hydrogens (primary N) is 1. The SMILES string of the molecule is Cc1cc(N)ccc1NCCOCCN(C)C. The fourth-order valence-corrected chi connectivity index (χ4v) is 1.49. The van der Waals surface area contributed by atoms with Crippen LogP contribution in [0.1, 0.15) is 5.56 Å². The number of benzene rings is 1. The average molecular weight is 237 g/mol. The lowest BCUT2D eigenvalue weighted by atomic mass is 10.2. The maximum Gasteiger partial charge on any atom is 0.0639 e. The van der Waals surface area contributed by atoms with Gasteiger partial charge in [-0.2, -0.15) is 0 Å². The van der Waals surface area contributed by atoms with Crippen molar-refractivity contribution in [3.05, 3.63) is 23.8 Å². The fraction of sp³-hybridized carbons (Fsp3) is 0.538. The Labute approximate surface area is 104 Å². The quantitative estimate of drug-likeness (QED) is 0.558. The number of nitrogens with zero attached hydrogens (tertiary/aromatic N) is 1. The highest BCUT2D eigenvalue weighted by molar-refractivity contribution is 5.57. The topological polar surface area (TPSA) is 50.5 Å². The molecule has 4 nitrogen and oxygen atoms in total. The second-order valence-corrected chi connectivity index (χ2v) is 4.42. The van der Waals surface area contributed by atoms with Crippen LogP contribution in [0.5, 0.6) is 0 Å². The van der Waals surface area contributed by atoms with Gasteiger partial charge in [-0.05, 0) is 44.8 Å². The normalized spacial score (nSPS) is 10.8. The average Bonchev–Trinajstić information content (AvgIpc) is 2.25. The monoisotopic (exact) mass is 237 g/mol. The third-order valence-corrected chi connectivity index (χ3v) is 2.50. The van der Waals surface area contributed by atoms with E-state index in [0.29, 0.717) is 0 Å². The molecule has 0 heterocycles. The van der Waals surface area contributed by atoms with E-state index < -0.39 is 0 Å². The van der Waals surface area contributed by atoms with Crippen LogP contribution in [0.3, 0.4) is 0 Å². The summed E-state index contributed by atoms with van der Waals surface area (Å²) >= 11 is 0. The molecule has 4 heteroatoms. The first kappa shape index (κ1) is 13.8. The van der Waals surface area contributed by atoms with Gasteiger partial charge in [0.2, 0.25) is 0 Å². The van der Waals surface area contributed by atoms with Gasteiger partial charge < -0.3 is 20.7 Å². The molecule has 0 unspecified atom stereocenters. The van der Waals surface area contributed by atoms with E-state index in [1.807, 2.05) is 39.2 Å². The molecule has 96 valence electrons. The molecular formula is C13H23N3O. The minimum atomic E-state index is 0.720. The van der Waals surface area contributed by atoms with Gasteiger partial charge in [0.25, 0.3) is 0 Å². The molecule has 0 bridgehead atoms. The maximum absolute atomic E-state index is 5.69. The van der Waals surface area contributed by atoms with Crippen molar-refractivity contribution in [2.75, 3.05) is 51.4 Å². The molecule has 0 aliphatic heterocycles. The molecule has 0 amide bonds. The number of nitrogen functional groups attached to an aromatic ring is 1. The van der Waals surface area contributed by atoms with E-state index in [0.717, 1.165) is 37.7 Å². The van der Waals surface area contributed by atoms with E-state index >= 15 is 0 Å². The van der Waals surface area contributed by atoms with E-state index in [-0.39, 0.29) is 0 Å². The van der Waals surface area contributed by atoms with Crippen molar-refractivity contribution < 1.29 is 4.74 Å². The van der Waals surface area contributed by atoms with Crippen LogP contribution >= 0.6 is 0 Å². The summed E-state index contributed by atoms with van der Waals surface area (Å²) in [5.74, 6) is 0. The smallest absolute Gasteiger partial charge is 0.0639 e. The maximum atomic E-state index is 5.69. The Morgan fingerprint density at radius 3 is 2.71 bits per heavy atom. The number of aryl methyl sites for hydroxylation is 1. The molecule has 0 saturated carbocycles. The van der Waals surface area contributed by atoms with Crippen LogP contribution in [0, 0.1) is 6.92 Å². The number of likely N-dealkylation sites (N-methyl/N-ethyl adjacent to an activating group) is 1. The van der Waals surface area contributed by atoms with Crippen molar-refractivity contribution in [3.8, 4) is 0 Å². The summed E-state index contributed by atoms with van der Waals surface area (Å²) in [5, 5.41) is 3.33. The number of nitrogens with one attached hydrogen (secondary N) is 1. The third kappa shape index (κ3) is 5.56. The van der Waals surface area contributed by atoms with Gasteiger partial charge in [0, 0.05) is 24.5 Å². The molecule has 0 fully saturated rings. The van der Waals surface area contributed by atoms with Crippen LogP contribution in [-0.4, -0.2) is 45.3 Å². The van der Waals surface area contributed by atoms with Crippen LogP contribution in [0.2, 0.25) is 0 Å². The second-order valence-electron chi connectivity index (χ2n) is 4.42. The van der Waals surface area contributed by atoms with E-state index in [2.05, 4.69) is 10.2 Å². The van der Waals surface area contributed by atoms with Gasteiger partial charge in [-0.15, -0.1) is 0 Å². The zero-order valence-corrected chi connectivity index (χ0v) is 11.0. The summed E-state index contributed by atoms with van der Waals surface area (Å²) in [5.41, 5.74) is 8.78. The second kappa shape index (κ2) is 7.14. The van der Waals surface area contributed by atoms with E-state index in [1.165, 1.54) is 5.56 Å². The number of anilines is 2. The van der Waals surface area contributed by atoms with Crippen LogP contribution < -0.4 is 11.1 Å². The first-order chi connectivity index (χ1) is 8.09. The molecule has 0 aliphatic carbocycles. The molecule has 1 aromatic rings. The highest BCUT2D eigenvalue weighted by atomic mass is 16.5. The van der Waals surface area contributed by atoms with Crippen molar-refractivity contribution in [1.29, 1.82) is 0 Å². The summed E-state index contributed by atoms with van der Waals surface area (Å²) in [7, 11) is 4.08. The van der Waals surface area contributed by atoms with Crippen molar-refractivity contribution in [2.24, 2.45) is 0 Å².